The predicted octanol–water partition coefficient (Wildman–Crippen LogP) is 3.80. The van der Waals surface area contributed by atoms with Crippen molar-refractivity contribution in [2.45, 2.75) is 20.0 Å². The van der Waals surface area contributed by atoms with Gasteiger partial charge in [0.2, 0.25) is 5.91 Å². The number of benzene rings is 2. The fraction of sp³-hybridized carbons (Fsp3) is 0.240. The molecule has 1 atom stereocenters. The van der Waals surface area contributed by atoms with Crippen LogP contribution in [0.1, 0.15) is 18.1 Å². The maximum atomic E-state index is 12.7. The quantitative estimate of drug-likeness (QED) is 0.368. The largest absolute Gasteiger partial charge is 0.497 e. The molecular weight excluding hydrogens is 452 g/mol. The molecule has 5 rings (SSSR count). The molecule has 0 bridgehead atoms. The number of esters is 1. The van der Waals surface area contributed by atoms with Crippen LogP contribution in [0.4, 0.5) is 5.69 Å². The van der Waals surface area contributed by atoms with Gasteiger partial charge >= 0.3 is 5.97 Å². The number of ether oxygens (including phenoxy) is 2. The minimum Gasteiger partial charge on any atom is -0.497 e. The number of amides is 1. The molecule has 2 aromatic carbocycles. The Morgan fingerprint density at radius 1 is 1.14 bits per heavy atom. The van der Waals surface area contributed by atoms with Gasteiger partial charge < -0.3 is 23.3 Å². The van der Waals surface area contributed by atoms with E-state index in [9.17, 15) is 9.59 Å². The number of carbonyl (C=O) groups excluding carboxylic acids is 2. The molecule has 3 heterocycles. The molecule has 0 saturated carbocycles. The van der Waals surface area contributed by atoms with Crippen LogP contribution in [0.5, 0.6) is 5.75 Å². The van der Waals surface area contributed by atoms with Crippen molar-refractivity contribution in [1.82, 2.24) is 15.4 Å². The van der Waals surface area contributed by atoms with Gasteiger partial charge in [0, 0.05) is 30.3 Å². The SMILES string of the molecule is COc1cccc(N2CC(C(=O)OCc3nnc(-c4c(-c5ccccc5)noc4C)o3)CC2=O)c1. The summed E-state index contributed by atoms with van der Waals surface area (Å²) >= 11 is 0. The van der Waals surface area contributed by atoms with Crippen molar-refractivity contribution in [2.24, 2.45) is 5.92 Å². The fourth-order valence-corrected chi connectivity index (χ4v) is 3.97. The van der Waals surface area contributed by atoms with E-state index in [0.29, 0.717) is 28.5 Å². The van der Waals surface area contributed by atoms with Crippen LogP contribution in [0.2, 0.25) is 0 Å². The summed E-state index contributed by atoms with van der Waals surface area (Å²) in [6.07, 6.45) is 0.0610. The maximum absolute atomic E-state index is 12.7. The lowest BCUT2D eigenvalue weighted by atomic mass is 10.1. The van der Waals surface area contributed by atoms with Crippen molar-refractivity contribution in [3.8, 4) is 28.5 Å². The first kappa shape index (κ1) is 22.3. The van der Waals surface area contributed by atoms with Gasteiger partial charge in [-0.2, -0.15) is 0 Å². The molecule has 35 heavy (non-hydrogen) atoms. The number of hydrogen-bond acceptors (Lipinski definition) is 9. The van der Waals surface area contributed by atoms with Crippen LogP contribution in [0.25, 0.3) is 22.7 Å². The van der Waals surface area contributed by atoms with E-state index >= 15 is 0 Å². The van der Waals surface area contributed by atoms with Crippen LogP contribution in [0.3, 0.4) is 0 Å². The third-order valence-electron chi connectivity index (χ3n) is 5.75. The average Bonchev–Trinajstić information content (AvgIpc) is 3.61. The van der Waals surface area contributed by atoms with E-state index in [0.717, 1.165) is 5.56 Å². The lowest BCUT2D eigenvalue weighted by Gasteiger charge is -2.17. The average molecular weight is 474 g/mol. The molecule has 0 aliphatic carbocycles. The second-order valence-electron chi connectivity index (χ2n) is 8.04. The van der Waals surface area contributed by atoms with Crippen molar-refractivity contribution in [3.05, 3.63) is 66.2 Å². The summed E-state index contributed by atoms with van der Waals surface area (Å²) in [6.45, 7) is 1.77. The minimum atomic E-state index is -0.596. The van der Waals surface area contributed by atoms with Crippen LogP contribution in [-0.4, -0.2) is 40.9 Å². The Hall–Kier alpha value is -4.47. The third kappa shape index (κ3) is 4.50. The number of carbonyl (C=O) groups is 2. The van der Waals surface area contributed by atoms with Gasteiger partial charge in [0.25, 0.3) is 11.8 Å². The van der Waals surface area contributed by atoms with E-state index in [2.05, 4.69) is 15.4 Å². The molecule has 1 amide bonds. The molecule has 178 valence electrons. The van der Waals surface area contributed by atoms with Crippen LogP contribution >= 0.6 is 0 Å². The summed E-state index contributed by atoms with van der Waals surface area (Å²) < 4.78 is 21.7. The first-order valence-electron chi connectivity index (χ1n) is 11.0. The van der Waals surface area contributed by atoms with Crippen molar-refractivity contribution in [2.75, 3.05) is 18.6 Å². The number of aryl methyl sites for hydroxylation is 1. The van der Waals surface area contributed by atoms with E-state index in [1.807, 2.05) is 30.3 Å². The van der Waals surface area contributed by atoms with Gasteiger partial charge in [-0.05, 0) is 19.1 Å². The Labute approximate surface area is 200 Å². The number of methoxy groups -OCH3 is 1. The molecule has 10 nitrogen and oxygen atoms in total. The zero-order valence-electron chi connectivity index (χ0n) is 19.1. The first-order valence-corrected chi connectivity index (χ1v) is 11.0. The van der Waals surface area contributed by atoms with Crippen LogP contribution in [-0.2, 0) is 20.9 Å². The smallest absolute Gasteiger partial charge is 0.311 e. The summed E-state index contributed by atoms with van der Waals surface area (Å²) in [5.41, 5.74) is 2.68. The first-order chi connectivity index (χ1) is 17.0. The van der Waals surface area contributed by atoms with Crippen LogP contribution < -0.4 is 9.64 Å². The normalized spacial score (nSPS) is 15.4. The van der Waals surface area contributed by atoms with Gasteiger partial charge in [-0.15, -0.1) is 10.2 Å². The number of nitrogens with zero attached hydrogens (tertiary/aromatic N) is 4. The molecule has 1 aliphatic heterocycles. The lowest BCUT2D eigenvalue weighted by Crippen LogP contribution is -2.26. The summed E-state index contributed by atoms with van der Waals surface area (Å²) in [4.78, 5) is 26.7. The molecule has 10 heteroatoms. The minimum absolute atomic E-state index is 0.0610. The van der Waals surface area contributed by atoms with E-state index in [-0.39, 0.29) is 37.3 Å². The van der Waals surface area contributed by atoms with Crippen molar-refractivity contribution >= 4 is 17.6 Å². The van der Waals surface area contributed by atoms with Crippen LogP contribution in [0.15, 0.2) is 63.5 Å². The Balaban J connectivity index is 1.24. The Kier molecular flexibility index (Phi) is 6.01. The molecule has 0 spiro atoms. The molecule has 4 aromatic rings. The summed E-state index contributed by atoms with van der Waals surface area (Å²) in [5.74, 6) is 0.244. The van der Waals surface area contributed by atoms with E-state index < -0.39 is 11.9 Å². The predicted molar refractivity (Wildman–Crippen MR) is 123 cm³/mol. The van der Waals surface area contributed by atoms with E-state index in [4.69, 9.17) is 18.4 Å². The standard InChI is InChI=1S/C25H22N4O6/c1-15-22(23(28-35-15)16-7-4-3-5-8-16)24-27-26-20(34-24)14-33-25(31)17-11-21(30)29(13-17)18-9-6-10-19(12-18)32-2/h3-10,12,17H,11,13-14H2,1-2H3. The van der Waals surface area contributed by atoms with Gasteiger partial charge in [0.05, 0.1) is 13.0 Å². The molecule has 1 aliphatic rings. The third-order valence-corrected chi connectivity index (χ3v) is 5.75. The highest BCUT2D eigenvalue weighted by Gasteiger charge is 2.36. The highest BCUT2D eigenvalue weighted by atomic mass is 16.5. The fourth-order valence-electron chi connectivity index (χ4n) is 3.97. The molecule has 1 fully saturated rings. The Bertz CT molecular complexity index is 1360. The number of aromatic nitrogens is 3. The number of rotatable bonds is 7. The number of hydrogen-bond donors (Lipinski definition) is 0. The van der Waals surface area contributed by atoms with Crippen LogP contribution in [0, 0.1) is 12.8 Å². The summed E-state index contributed by atoms with van der Waals surface area (Å²) in [7, 11) is 1.56. The molecule has 1 saturated heterocycles. The van der Waals surface area contributed by atoms with Crippen molar-refractivity contribution in [3.63, 3.8) is 0 Å². The molecule has 0 radical (unpaired) electrons. The maximum Gasteiger partial charge on any atom is 0.311 e. The number of anilines is 1. The van der Waals surface area contributed by atoms with E-state index in [1.54, 1.807) is 43.2 Å². The summed E-state index contributed by atoms with van der Waals surface area (Å²) in [5, 5.41) is 12.2. The van der Waals surface area contributed by atoms with Gasteiger partial charge in [0.15, 0.2) is 6.61 Å². The zero-order valence-corrected chi connectivity index (χ0v) is 19.1. The summed E-state index contributed by atoms with van der Waals surface area (Å²) in [6, 6.07) is 16.6. The second kappa shape index (κ2) is 9.41. The van der Waals surface area contributed by atoms with E-state index in [1.165, 1.54) is 0 Å². The lowest BCUT2D eigenvalue weighted by molar-refractivity contribution is -0.150. The topological polar surface area (TPSA) is 121 Å². The van der Waals surface area contributed by atoms with Gasteiger partial charge in [0.1, 0.15) is 22.8 Å². The van der Waals surface area contributed by atoms with Crippen molar-refractivity contribution in [1.29, 1.82) is 0 Å². The highest BCUT2D eigenvalue weighted by Crippen LogP contribution is 2.33. The highest BCUT2D eigenvalue weighted by molar-refractivity contribution is 5.99. The van der Waals surface area contributed by atoms with Crippen molar-refractivity contribution < 1.29 is 28.0 Å². The monoisotopic (exact) mass is 474 g/mol. The Morgan fingerprint density at radius 3 is 2.77 bits per heavy atom. The molecule has 1 unspecified atom stereocenters. The Morgan fingerprint density at radius 2 is 1.97 bits per heavy atom. The van der Waals surface area contributed by atoms with Gasteiger partial charge in [-0.1, -0.05) is 41.6 Å². The molecule has 2 aromatic heterocycles. The second-order valence-corrected chi connectivity index (χ2v) is 8.04. The zero-order chi connectivity index (χ0) is 24.4. The van der Waals surface area contributed by atoms with Gasteiger partial charge in [-0.25, -0.2) is 0 Å². The molecule has 0 N–H and O–H groups in total. The molecular formula is C25H22N4O6. The van der Waals surface area contributed by atoms with Gasteiger partial charge in [-0.3, -0.25) is 9.59 Å².